The van der Waals surface area contributed by atoms with Crippen molar-refractivity contribution in [2.75, 3.05) is 7.11 Å². The summed E-state index contributed by atoms with van der Waals surface area (Å²) < 4.78 is 5.21. The number of benzene rings is 2. The summed E-state index contributed by atoms with van der Waals surface area (Å²) in [6.07, 6.45) is 0.642. The Kier molecular flexibility index (Phi) is 12.6. The molecule has 10 heteroatoms. The van der Waals surface area contributed by atoms with Crippen LogP contribution in [0.3, 0.4) is 0 Å². The molecule has 0 aliphatic heterocycles. The summed E-state index contributed by atoms with van der Waals surface area (Å²) in [5.41, 5.74) is 9.84. The fourth-order valence-electron chi connectivity index (χ4n) is 4.46. The molecule has 40 heavy (non-hydrogen) atoms. The molecule has 0 unspecified atom stereocenters. The fraction of sp³-hybridized carbons (Fsp3) is 0.467. The van der Waals surface area contributed by atoms with Crippen LogP contribution < -0.4 is 26.6 Å². The van der Waals surface area contributed by atoms with Gasteiger partial charge in [-0.15, -0.1) is 0 Å². The molecule has 0 aliphatic carbocycles. The fourth-order valence-corrected chi connectivity index (χ4v) is 4.46. The number of hydrogen-bond donors (Lipinski definition) is 5. The van der Waals surface area contributed by atoms with E-state index in [1.807, 2.05) is 76.2 Å². The first-order chi connectivity index (χ1) is 18.9. The lowest BCUT2D eigenvalue weighted by molar-refractivity contribution is -0.137. The zero-order valence-electron chi connectivity index (χ0n) is 23.9. The topological polar surface area (TPSA) is 160 Å². The molecule has 0 bridgehead atoms. The van der Waals surface area contributed by atoms with E-state index in [9.17, 15) is 19.2 Å². The van der Waals surface area contributed by atoms with Gasteiger partial charge >= 0.3 is 0 Å². The van der Waals surface area contributed by atoms with Gasteiger partial charge in [0.15, 0.2) is 0 Å². The van der Waals surface area contributed by atoms with Crippen LogP contribution >= 0.6 is 0 Å². The molecule has 0 spiro atoms. The van der Waals surface area contributed by atoms with Gasteiger partial charge in [0.2, 0.25) is 23.6 Å². The summed E-state index contributed by atoms with van der Waals surface area (Å²) in [6, 6.07) is 13.3. The maximum Gasteiger partial charge on any atom is 0.244 e. The number of rotatable bonds is 15. The third-order valence-electron chi connectivity index (χ3n) is 6.50. The van der Waals surface area contributed by atoms with E-state index in [4.69, 9.17) is 15.7 Å². The number of carbonyl (C=O) groups excluding carboxylic acids is 4. The Bertz CT molecular complexity index is 1130. The monoisotopic (exact) mass is 554 g/mol. The van der Waals surface area contributed by atoms with Crippen molar-refractivity contribution in [3.05, 3.63) is 54.1 Å². The van der Waals surface area contributed by atoms with Crippen molar-refractivity contribution in [2.45, 2.75) is 65.5 Å². The van der Waals surface area contributed by atoms with Gasteiger partial charge in [0.25, 0.3) is 0 Å². The number of carbonyl (C=O) groups is 4. The number of ether oxygens (including phenoxy) is 1. The zero-order chi connectivity index (χ0) is 29.8. The molecule has 3 atom stereocenters. The van der Waals surface area contributed by atoms with E-state index >= 15 is 0 Å². The van der Waals surface area contributed by atoms with Crippen LogP contribution in [-0.4, -0.2) is 48.0 Å². The molecule has 2 aromatic rings. The molecule has 218 valence electrons. The van der Waals surface area contributed by atoms with E-state index in [2.05, 4.69) is 10.6 Å². The highest BCUT2D eigenvalue weighted by atomic mass is 16.5. The first-order valence-electron chi connectivity index (χ1n) is 13.5. The first kappa shape index (κ1) is 32.3. The third-order valence-corrected chi connectivity index (χ3v) is 6.50. The van der Waals surface area contributed by atoms with Crippen molar-refractivity contribution in [1.82, 2.24) is 16.1 Å². The van der Waals surface area contributed by atoms with E-state index in [0.717, 1.165) is 22.4 Å². The Balaban J connectivity index is 2.30. The zero-order valence-corrected chi connectivity index (χ0v) is 23.9. The molecule has 6 N–H and O–H groups in total. The Hall–Kier alpha value is -3.92. The Labute approximate surface area is 236 Å². The van der Waals surface area contributed by atoms with Gasteiger partial charge in [-0.1, -0.05) is 64.1 Å². The van der Waals surface area contributed by atoms with Crippen LogP contribution in [0.4, 0.5) is 0 Å². The van der Waals surface area contributed by atoms with Crippen molar-refractivity contribution in [3.63, 3.8) is 0 Å². The van der Waals surface area contributed by atoms with Crippen LogP contribution in [0, 0.1) is 17.8 Å². The second-order valence-corrected chi connectivity index (χ2v) is 10.8. The van der Waals surface area contributed by atoms with Gasteiger partial charge < -0.3 is 21.1 Å². The van der Waals surface area contributed by atoms with Gasteiger partial charge in [-0.2, -0.15) is 0 Å². The first-order valence-corrected chi connectivity index (χ1v) is 13.5. The van der Waals surface area contributed by atoms with Gasteiger partial charge in [-0.05, 0) is 53.5 Å². The standard InChI is InChI=1S/C30H42N4O6/c1-18(2)14-23(17-27(35)34-39)29(37)33-26(30(38)32-25(28(31)36)15-19(3)4)16-20-6-8-21(9-7-20)22-10-12-24(40-5)13-11-22/h6-13,18-19,23,25-26,39H,14-17H2,1-5H3,(H2,31,36)(H,32,38)(H,33,37)(H,34,35)/t23-,25+,26+/m1/s1. The van der Waals surface area contributed by atoms with Gasteiger partial charge in [0, 0.05) is 18.8 Å². The van der Waals surface area contributed by atoms with Crippen LogP contribution in [0.1, 0.15) is 52.5 Å². The minimum atomic E-state index is -1.03. The van der Waals surface area contributed by atoms with E-state index < -0.39 is 41.6 Å². The quantitative estimate of drug-likeness (QED) is 0.168. The van der Waals surface area contributed by atoms with Crippen LogP contribution in [0.15, 0.2) is 48.5 Å². The lowest BCUT2D eigenvalue weighted by Crippen LogP contribution is -2.55. The van der Waals surface area contributed by atoms with Crippen LogP contribution in [0.5, 0.6) is 5.75 Å². The molecule has 0 aliphatic rings. The van der Waals surface area contributed by atoms with Crippen LogP contribution in [-0.2, 0) is 25.6 Å². The van der Waals surface area contributed by atoms with Gasteiger partial charge in [0.05, 0.1) is 7.11 Å². The highest BCUT2D eigenvalue weighted by Crippen LogP contribution is 2.23. The Morgan fingerprint density at radius 3 is 1.80 bits per heavy atom. The highest BCUT2D eigenvalue weighted by Gasteiger charge is 2.30. The Morgan fingerprint density at radius 2 is 1.32 bits per heavy atom. The highest BCUT2D eigenvalue weighted by molar-refractivity contribution is 5.93. The van der Waals surface area contributed by atoms with Crippen molar-refractivity contribution in [2.24, 2.45) is 23.5 Å². The number of primary amides is 1. The van der Waals surface area contributed by atoms with Crippen LogP contribution in [0.2, 0.25) is 0 Å². The third kappa shape index (κ3) is 10.3. The number of hydrogen-bond acceptors (Lipinski definition) is 6. The minimum Gasteiger partial charge on any atom is -0.497 e. The molecule has 0 fully saturated rings. The summed E-state index contributed by atoms with van der Waals surface area (Å²) in [5.74, 6) is -2.21. The molecule has 2 aromatic carbocycles. The molecule has 0 radical (unpaired) electrons. The molecular formula is C30H42N4O6. The van der Waals surface area contributed by atoms with Crippen molar-refractivity contribution >= 4 is 23.6 Å². The van der Waals surface area contributed by atoms with E-state index in [1.54, 1.807) is 12.6 Å². The summed E-state index contributed by atoms with van der Waals surface area (Å²) in [6.45, 7) is 7.65. The minimum absolute atomic E-state index is 0.0882. The molecular weight excluding hydrogens is 512 g/mol. The normalized spacial score (nSPS) is 13.3. The summed E-state index contributed by atoms with van der Waals surface area (Å²) in [4.78, 5) is 50.5. The van der Waals surface area contributed by atoms with Crippen molar-refractivity contribution < 1.29 is 29.1 Å². The Morgan fingerprint density at radius 1 is 0.800 bits per heavy atom. The predicted molar refractivity (Wildman–Crippen MR) is 152 cm³/mol. The van der Waals surface area contributed by atoms with Crippen molar-refractivity contribution in [1.29, 1.82) is 0 Å². The molecule has 0 aromatic heterocycles. The average molecular weight is 555 g/mol. The molecule has 4 amide bonds. The maximum atomic E-state index is 13.4. The van der Waals surface area contributed by atoms with Crippen molar-refractivity contribution in [3.8, 4) is 16.9 Å². The molecule has 0 saturated carbocycles. The van der Waals surface area contributed by atoms with Gasteiger partial charge in [-0.3, -0.25) is 24.4 Å². The second kappa shape index (κ2) is 15.6. The number of nitrogens with one attached hydrogen (secondary N) is 3. The molecule has 10 nitrogen and oxygen atoms in total. The number of methoxy groups -OCH3 is 1. The van der Waals surface area contributed by atoms with E-state index in [0.29, 0.717) is 12.8 Å². The molecule has 0 saturated heterocycles. The summed E-state index contributed by atoms with van der Waals surface area (Å²) in [5, 5.41) is 14.4. The smallest absolute Gasteiger partial charge is 0.244 e. The van der Waals surface area contributed by atoms with Gasteiger partial charge in [0.1, 0.15) is 17.8 Å². The lowest BCUT2D eigenvalue weighted by Gasteiger charge is -2.25. The number of nitrogens with two attached hydrogens (primary N) is 1. The molecule has 0 heterocycles. The number of hydroxylamine groups is 1. The summed E-state index contributed by atoms with van der Waals surface area (Å²) in [7, 11) is 1.61. The van der Waals surface area contributed by atoms with E-state index in [-0.39, 0.29) is 24.7 Å². The van der Waals surface area contributed by atoms with Gasteiger partial charge in [-0.25, -0.2) is 5.48 Å². The van der Waals surface area contributed by atoms with E-state index in [1.165, 1.54) is 0 Å². The molecule has 2 rings (SSSR count). The largest absolute Gasteiger partial charge is 0.497 e. The van der Waals surface area contributed by atoms with Crippen LogP contribution in [0.25, 0.3) is 11.1 Å². The predicted octanol–water partition coefficient (Wildman–Crippen LogP) is 2.96. The maximum absolute atomic E-state index is 13.4. The average Bonchev–Trinajstić information content (AvgIpc) is 2.91. The second-order valence-electron chi connectivity index (χ2n) is 10.8. The SMILES string of the molecule is COc1ccc(-c2ccc(C[C@H](NC(=O)[C@@H](CC(=O)NO)CC(C)C)C(=O)N[C@@H](CC(C)C)C(N)=O)cc2)cc1. The lowest BCUT2D eigenvalue weighted by atomic mass is 9.92. The summed E-state index contributed by atoms with van der Waals surface area (Å²) >= 11 is 0. The number of amides is 4.